The zero-order valence-electron chi connectivity index (χ0n) is 11.6. The number of pyridine rings is 1. The highest BCUT2D eigenvalue weighted by Gasteiger charge is 2.39. The smallest absolute Gasteiger partial charge is 0.129 e. The summed E-state index contributed by atoms with van der Waals surface area (Å²) < 4.78 is 0. The minimum absolute atomic E-state index is 0.321. The van der Waals surface area contributed by atoms with E-state index in [2.05, 4.69) is 25.8 Å². The Morgan fingerprint density at radius 2 is 1.94 bits per heavy atom. The molecule has 1 aromatic heterocycles. The van der Waals surface area contributed by atoms with Crippen molar-refractivity contribution in [1.29, 1.82) is 0 Å². The molecule has 1 aliphatic rings. The van der Waals surface area contributed by atoms with Crippen LogP contribution in [0.25, 0.3) is 0 Å². The van der Waals surface area contributed by atoms with Crippen LogP contribution in [0.4, 0.5) is 5.82 Å². The van der Waals surface area contributed by atoms with Crippen LogP contribution in [0.5, 0.6) is 0 Å². The van der Waals surface area contributed by atoms with Gasteiger partial charge in [-0.2, -0.15) is 0 Å². The number of nitrogen functional groups attached to an aromatic ring is 1. The molecule has 3 N–H and O–H groups in total. The topological polar surface area (TPSA) is 59.1 Å². The zero-order valence-corrected chi connectivity index (χ0v) is 11.6. The lowest BCUT2D eigenvalue weighted by Gasteiger charge is -2.41. The van der Waals surface area contributed by atoms with Gasteiger partial charge in [0, 0.05) is 11.8 Å². The number of aliphatic hydroxyl groups is 1. The maximum Gasteiger partial charge on any atom is 0.129 e. The summed E-state index contributed by atoms with van der Waals surface area (Å²) in [6, 6.07) is 3.75. The van der Waals surface area contributed by atoms with Gasteiger partial charge in [0.05, 0.1) is 5.60 Å². The first-order valence-electron chi connectivity index (χ1n) is 6.76. The van der Waals surface area contributed by atoms with Crippen molar-refractivity contribution in [3.05, 3.63) is 23.9 Å². The van der Waals surface area contributed by atoms with Crippen LogP contribution < -0.4 is 5.73 Å². The van der Waals surface area contributed by atoms with Crippen LogP contribution in [-0.4, -0.2) is 10.1 Å². The molecule has 100 valence electrons. The van der Waals surface area contributed by atoms with Crippen LogP contribution in [0.2, 0.25) is 0 Å². The number of rotatable bonds is 1. The van der Waals surface area contributed by atoms with Gasteiger partial charge >= 0.3 is 0 Å². The van der Waals surface area contributed by atoms with Crippen molar-refractivity contribution in [3.8, 4) is 0 Å². The van der Waals surface area contributed by atoms with Crippen LogP contribution in [-0.2, 0) is 5.60 Å². The second-order valence-electron chi connectivity index (χ2n) is 6.61. The van der Waals surface area contributed by atoms with E-state index in [1.165, 1.54) is 0 Å². The van der Waals surface area contributed by atoms with Crippen molar-refractivity contribution in [1.82, 2.24) is 4.98 Å². The third kappa shape index (κ3) is 2.51. The van der Waals surface area contributed by atoms with Crippen LogP contribution in [0, 0.1) is 11.3 Å². The van der Waals surface area contributed by atoms with Crippen LogP contribution in [0.1, 0.15) is 52.0 Å². The van der Waals surface area contributed by atoms with Gasteiger partial charge in [-0.15, -0.1) is 0 Å². The second-order valence-corrected chi connectivity index (χ2v) is 6.61. The summed E-state index contributed by atoms with van der Waals surface area (Å²) in [6.45, 7) is 6.83. The molecule has 0 amide bonds. The Morgan fingerprint density at radius 3 is 2.44 bits per heavy atom. The summed E-state index contributed by atoms with van der Waals surface area (Å²) in [7, 11) is 0. The van der Waals surface area contributed by atoms with Crippen molar-refractivity contribution in [2.45, 2.75) is 52.1 Å². The maximum absolute atomic E-state index is 10.8. The van der Waals surface area contributed by atoms with E-state index in [0.29, 0.717) is 17.2 Å². The lowest BCUT2D eigenvalue weighted by molar-refractivity contribution is -0.0293. The molecule has 18 heavy (non-hydrogen) atoms. The van der Waals surface area contributed by atoms with Gasteiger partial charge in [-0.3, -0.25) is 0 Å². The molecule has 1 fully saturated rings. The van der Waals surface area contributed by atoms with Crippen molar-refractivity contribution in [2.75, 3.05) is 5.73 Å². The molecule has 0 unspecified atom stereocenters. The fraction of sp³-hybridized carbons (Fsp3) is 0.667. The van der Waals surface area contributed by atoms with Crippen molar-refractivity contribution in [3.63, 3.8) is 0 Å². The van der Waals surface area contributed by atoms with Crippen LogP contribution in [0.3, 0.4) is 0 Å². The van der Waals surface area contributed by atoms with Gasteiger partial charge in [-0.05, 0) is 43.1 Å². The molecule has 1 saturated carbocycles. The van der Waals surface area contributed by atoms with E-state index in [9.17, 15) is 5.11 Å². The molecule has 0 aliphatic heterocycles. The standard InChI is InChI=1S/C15H24N2O/c1-14(2,3)11-6-8-15(18,9-7-11)12-5-4-10-17-13(12)16/h4-5,10-11,18H,6-9H2,1-3H3,(H2,16,17). The van der Waals surface area contributed by atoms with E-state index in [1.54, 1.807) is 6.20 Å². The predicted molar refractivity (Wildman–Crippen MR) is 74.0 cm³/mol. The Hall–Kier alpha value is -1.09. The Bertz CT molecular complexity index is 415. The number of aromatic nitrogens is 1. The first kappa shape index (κ1) is 13.3. The molecule has 0 bridgehead atoms. The summed E-state index contributed by atoms with van der Waals surface area (Å²) in [5.74, 6) is 1.14. The SMILES string of the molecule is CC(C)(C)C1CCC(O)(c2cccnc2N)CC1. The summed E-state index contributed by atoms with van der Waals surface area (Å²) in [5, 5.41) is 10.8. The van der Waals surface area contributed by atoms with Gasteiger partial charge in [0.25, 0.3) is 0 Å². The largest absolute Gasteiger partial charge is 0.385 e. The summed E-state index contributed by atoms with van der Waals surface area (Å²) in [4.78, 5) is 4.09. The molecule has 1 aliphatic carbocycles. The molecular formula is C15H24N2O. The first-order valence-corrected chi connectivity index (χ1v) is 6.76. The molecule has 2 rings (SSSR count). The van der Waals surface area contributed by atoms with Crippen LogP contribution in [0.15, 0.2) is 18.3 Å². The maximum atomic E-state index is 10.8. The molecule has 0 radical (unpaired) electrons. The van der Waals surface area contributed by atoms with Gasteiger partial charge < -0.3 is 10.8 Å². The highest BCUT2D eigenvalue weighted by Crippen LogP contribution is 2.46. The highest BCUT2D eigenvalue weighted by molar-refractivity contribution is 5.43. The van der Waals surface area contributed by atoms with E-state index in [-0.39, 0.29) is 0 Å². The van der Waals surface area contributed by atoms with E-state index >= 15 is 0 Å². The fourth-order valence-corrected chi connectivity index (χ4v) is 3.04. The molecule has 0 spiro atoms. The number of anilines is 1. The molecular weight excluding hydrogens is 224 g/mol. The van der Waals surface area contributed by atoms with E-state index in [4.69, 9.17) is 5.73 Å². The molecule has 0 saturated heterocycles. The minimum atomic E-state index is -0.778. The van der Waals surface area contributed by atoms with Crippen LogP contribution >= 0.6 is 0 Å². The first-order chi connectivity index (χ1) is 8.33. The highest BCUT2D eigenvalue weighted by atomic mass is 16.3. The molecule has 3 nitrogen and oxygen atoms in total. The van der Waals surface area contributed by atoms with Gasteiger partial charge in [-0.1, -0.05) is 26.8 Å². The number of hydrogen-bond donors (Lipinski definition) is 2. The molecule has 0 atom stereocenters. The van der Waals surface area contributed by atoms with Crippen molar-refractivity contribution in [2.24, 2.45) is 11.3 Å². The molecule has 3 heteroatoms. The molecule has 0 aromatic carbocycles. The second kappa shape index (κ2) is 4.54. The Balaban J connectivity index is 2.15. The van der Waals surface area contributed by atoms with E-state index in [1.807, 2.05) is 12.1 Å². The van der Waals surface area contributed by atoms with Gasteiger partial charge in [0.2, 0.25) is 0 Å². The minimum Gasteiger partial charge on any atom is -0.385 e. The zero-order chi connectivity index (χ0) is 13.4. The summed E-state index contributed by atoms with van der Waals surface area (Å²) >= 11 is 0. The summed E-state index contributed by atoms with van der Waals surface area (Å²) in [5.41, 5.74) is 6.23. The lowest BCUT2D eigenvalue weighted by Crippen LogP contribution is -2.36. The molecule has 1 aromatic rings. The average Bonchev–Trinajstić information content (AvgIpc) is 2.28. The Morgan fingerprint density at radius 1 is 1.33 bits per heavy atom. The molecule has 1 heterocycles. The monoisotopic (exact) mass is 248 g/mol. The van der Waals surface area contributed by atoms with Crippen molar-refractivity contribution < 1.29 is 5.11 Å². The number of hydrogen-bond acceptors (Lipinski definition) is 3. The summed E-state index contributed by atoms with van der Waals surface area (Å²) in [6.07, 6.45) is 5.33. The van der Waals surface area contributed by atoms with Gasteiger partial charge in [-0.25, -0.2) is 4.98 Å². The van der Waals surface area contributed by atoms with Gasteiger partial charge in [0.1, 0.15) is 5.82 Å². The van der Waals surface area contributed by atoms with Gasteiger partial charge in [0.15, 0.2) is 0 Å². The van der Waals surface area contributed by atoms with E-state index in [0.717, 1.165) is 31.2 Å². The Kier molecular flexibility index (Phi) is 3.37. The number of nitrogens with two attached hydrogens (primary N) is 1. The lowest BCUT2D eigenvalue weighted by atomic mass is 9.67. The predicted octanol–water partition coefficient (Wildman–Crippen LogP) is 3.09. The van der Waals surface area contributed by atoms with E-state index < -0.39 is 5.60 Å². The average molecular weight is 248 g/mol. The normalized spacial score (nSPS) is 29.2. The number of nitrogens with zero attached hydrogens (tertiary/aromatic N) is 1. The third-order valence-electron chi connectivity index (χ3n) is 4.38. The quantitative estimate of drug-likeness (QED) is 0.803. The third-order valence-corrected chi connectivity index (χ3v) is 4.38. The van der Waals surface area contributed by atoms with Crippen molar-refractivity contribution >= 4 is 5.82 Å². The fourth-order valence-electron chi connectivity index (χ4n) is 3.04. The Labute approximate surface area is 109 Å².